The molecule has 0 saturated carbocycles. The Balaban J connectivity index is 2.43. The number of carbonyl (C=O) groups is 2. The Labute approximate surface area is 101 Å². The summed E-state index contributed by atoms with van der Waals surface area (Å²) in [7, 11) is 1.35. The normalized spacial score (nSPS) is 17.5. The second-order valence-corrected chi connectivity index (χ2v) is 3.91. The summed E-state index contributed by atoms with van der Waals surface area (Å²) in [5.41, 5.74) is 5.71. The Kier molecular flexibility index (Phi) is 4.96. The maximum absolute atomic E-state index is 11.9. The molecule has 1 aliphatic rings. The van der Waals surface area contributed by atoms with E-state index in [-0.39, 0.29) is 12.0 Å². The molecule has 17 heavy (non-hydrogen) atoms. The fourth-order valence-corrected chi connectivity index (χ4v) is 1.75. The lowest BCUT2D eigenvalue weighted by molar-refractivity contribution is -0.134. The van der Waals surface area contributed by atoms with E-state index in [0.29, 0.717) is 32.6 Å². The number of nitrogens with two attached hydrogens (primary N) is 1. The van der Waals surface area contributed by atoms with Gasteiger partial charge >= 0.3 is 6.09 Å². The first kappa shape index (κ1) is 13.5. The number of carbonyl (C=O) groups excluding carboxylic acids is 2. The van der Waals surface area contributed by atoms with Gasteiger partial charge in [-0.25, -0.2) is 4.79 Å². The van der Waals surface area contributed by atoms with E-state index in [4.69, 9.17) is 5.73 Å². The van der Waals surface area contributed by atoms with Gasteiger partial charge in [0, 0.05) is 26.2 Å². The summed E-state index contributed by atoms with van der Waals surface area (Å²) in [6.45, 7) is 5.52. The quantitative estimate of drug-likeness (QED) is 0.694. The molecule has 1 atom stereocenters. The van der Waals surface area contributed by atoms with E-state index in [1.165, 1.54) is 7.11 Å². The van der Waals surface area contributed by atoms with Gasteiger partial charge in [-0.15, -0.1) is 6.58 Å². The molecule has 0 aromatic rings. The van der Waals surface area contributed by atoms with Crippen LogP contribution in [0, 0.1) is 0 Å². The molecule has 1 unspecified atom stereocenters. The summed E-state index contributed by atoms with van der Waals surface area (Å²) in [4.78, 5) is 26.3. The van der Waals surface area contributed by atoms with Gasteiger partial charge in [-0.05, 0) is 6.42 Å². The van der Waals surface area contributed by atoms with Gasteiger partial charge in [-0.3, -0.25) is 4.79 Å². The molecular weight excluding hydrogens is 222 g/mol. The second-order valence-electron chi connectivity index (χ2n) is 3.91. The first-order chi connectivity index (χ1) is 8.10. The number of hydrogen-bond acceptors (Lipinski definition) is 4. The molecule has 0 aromatic carbocycles. The lowest BCUT2D eigenvalue weighted by Gasteiger charge is -2.34. The van der Waals surface area contributed by atoms with E-state index in [0.717, 1.165) is 0 Å². The van der Waals surface area contributed by atoms with E-state index in [1.807, 2.05) is 0 Å². The summed E-state index contributed by atoms with van der Waals surface area (Å²) < 4.78 is 4.62. The summed E-state index contributed by atoms with van der Waals surface area (Å²) in [5, 5.41) is 0. The molecule has 0 aliphatic carbocycles. The van der Waals surface area contributed by atoms with E-state index in [9.17, 15) is 9.59 Å². The van der Waals surface area contributed by atoms with E-state index in [1.54, 1.807) is 15.9 Å². The van der Waals surface area contributed by atoms with Gasteiger partial charge in [0.2, 0.25) is 5.91 Å². The van der Waals surface area contributed by atoms with Crippen LogP contribution in [0.5, 0.6) is 0 Å². The maximum atomic E-state index is 11.9. The molecule has 1 aliphatic heterocycles. The van der Waals surface area contributed by atoms with Crippen molar-refractivity contribution in [1.82, 2.24) is 9.80 Å². The van der Waals surface area contributed by atoms with Crippen molar-refractivity contribution in [1.29, 1.82) is 0 Å². The first-order valence-corrected chi connectivity index (χ1v) is 5.58. The molecule has 0 aromatic heterocycles. The van der Waals surface area contributed by atoms with Crippen molar-refractivity contribution in [2.45, 2.75) is 12.5 Å². The van der Waals surface area contributed by atoms with Crippen molar-refractivity contribution in [3.8, 4) is 0 Å². The van der Waals surface area contributed by atoms with Crippen LogP contribution < -0.4 is 5.73 Å². The molecule has 0 spiro atoms. The van der Waals surface area contributed by atoms with Crippen molar-refractivity contribution in [2.24, 2.45) is 5.73 Å². The van der Waals surface area contributed by atoms with Crippen LogP contribution in [0.15, 0.2) is 12.7 Å². The number of ether oxygens (including phenoxy) is 1. The van der Waals surface area contributed by atoms with Gasteiger partial charge in [-0.1, -0.05) is 6.08 Å². The first-order valence-electron chi connectivity index (χ1n) is 5.58. The molecule has 6 nitrogen and oxygen atoms in total. The van der Waals surface area contributed by atoms with E-state index >= 15 is 0 Å². The fraction of sp³-hybridized carbons (Fsp3) is 0.636. The number of nitrogens with zero attached hydrogens (tertiary/aromatic N) is 2. The highest BCUT2D eigenvalue weighted by Gasteiger charge is 2.26. The number of methoxy groups -OCH3 is 1. The van der Waals surface area contributed by atoms with Gasteiger partial charge in [0.1, 0.15) is 0 Å². The average Bonchev–Trinajstić information content (AvgIpc) is 2.37. The fourth-order valence-electron chi connectivity index (χ4n) is 1.75. The smallest absolute Gasteiger partial charge is 0.409 e. The molecule has 96 valence electrons. The van der Waals surface area contributed by atoms with Crippen molar-refractivity contribution < 1.29 is 14.3 Å². The predicted molar refractivity (Wildman–Crippen MR) is 63.3 cm³/mol. The van der Waals surface area contributed by atoms with Crippen molar-refractivity contribution in [3.05, 3.63) is 12.7 Å². The van der Waals surface area contributed by atoms with Gasteiger partial charge in [-0.2, -0.15) is 0 Å². The zero-order chi connectivity index (χ0) is 12.8. The minimum Gasteiger partial charge on any atom is -0.453 e. The Morgan fingerprint density at radius 3 is 2.35 bits per heavy atom. The second kappa shape index (κ2) is 6.24. The van der Waals surface area contributed by atoms with Crippen LogP contribution in [0.2, 0.25) is 0 Å². The molecule has 1 saturated heterocycles. The average molecular weight is 241 g/mol. The van der Waals surface area contributed by atoms with Gasteiger partial charge in [0.15, 0.2) is 0 Å². The number of piperazine rings is 1. The van der Waals surface area contributed by atoms with E-state index in [2.05, 4.69) is 11.3 Å². The zero-order valence-electron chi connectivity index (χ0n) is 10.1. The largest absolute Gasteiger partial charge is 0.453 e. The van der Waals surface area contributed by atoms with Crippen molar-refractivity contribution >= 4 is 12.0 Å². The molecule has 2 amide bonds. The van der Waals surface area contributed by atoms with E-state index < -0.39 is 6.04 Å². The highest BCUT2D eigenvalue weighted by atomic mass is 16.5. The summed E-state index contributed by atoms with van der Waals surface area (Å²) in [6, 6.07) is -0.530. The highest BCUT2D eigenvalue weighted by Crippen LogP contribution is 2.06. The third-order valence-electron chi connectivity index (χ3n) is 2.76. The zero-order valence-corrected chi connectivity index (χ0v) is 10.1. The lowest BCUT2D eigenvalue weighted by Crippen LogP contribution is -2.54. The van der Waals surface area contributed by atoms with Crippen LogP contribution in [-0.2, 0) is 9.53 Å². The summed E-state index contributed by atoms with van der Waals surface area (Å²) in [5.74, 6) is -0.0885. The van der Waals surface area contributed by atoms with Crippen molar-refractivity contribution in [3.63, 3.8) is 0 Å². The maximum Gasteiger partial charge on any atom is 0.409 e. The SMILES string of the molecule is C=CCC(N)C(=O)N1CCN(C(=O)OC)CC1. The third kappa shape index (κ3) is 3.45. The predicted octanol–water partition coefficient (Wildman–Crippen LogP) is -0.200. The molecule has 2 N–H and O–H groups in total. The summed E-state index contributed by atoms with van der Waals surface area (Å²) >= 11 is 0. The van der Waals surface area contributed by atoms with Crippen LogP contribution in [0.25, 0.3) is 0 Å². The summed E-state index contributed by atoms with van der Waals surface area (Å²) in [6.07, 6.45) is 1.75. The Morgan fingerprint density at radius 2 is 1.88 bits per heavy atom. The molecular formula is C11H19N3O3. The lowest BCUT2D eigenvalue weighted by atomic mass is 10.2. The minimum absolute atomic E-state index is 0.0885. The Bertz CT molecular complexity index is 298. The minimum atomic E-state index is -0.530. The molecule has 0 bridgehead atoms. The highest BCUT2D eigenvalue weighted by molar-refractivity contribution is 5.82. The Morgan fingerprint density at radius 1 is 1.35 bits per heavy atom. The standard InChI is InChI=1S/C11H19N3O3/c1-3-4-9(12)10(15)13-5-7-14(8-6-13)11(16)17-2/h3,9H,1,4-8,12H2,2H3. The van der Waals surface area contributed by atoms with Gasteiger partial charge in [0.25, 0.3) is 0 Å². The third-order valence-corrected chi connectivity index (χ3v) is 2.76. The van der Waals surface area contributed by atoms with Crippen LogP contribution in [0.4, 0.5) is 4.79 Å². The molecule has 1 rings (SSSR count). The monoisotopic (exact) mass is 241 g/mol. The Hall–Kier alpha value is -1.56. The van der Waals surface area contributed by atoms with Crippen LogP contribution >= 0.6 is 0 Å². The number of amides is 2. The number of rotatable bonds is 3. The molecule has 0 radical (unpaired) electrons. The van der Waals surface area contributed by atoms with Gasteiger partial charge < -0.3 is 20.3 Å². The van der Waals surface area contributed by atoms with Gasteiger partial charge in [0.05, 0.1) is 13.2 Å². The van der Waals surface area contributed by atoms with Crippen LogP contribution in [0.1, 0.15) is 6.42 Å². The van der Waals surface area contributed by atoms with Crippen LogP contribution in [-0.4, -0.2) is 61.1 Å². The molecule has 1 heterocycles. The number of hydrogen-bond donors (Lipinski definition) is 1. The van der Waals surface area contributed by atoms with Crippen molar-refractivity contribution in [2.75, 3.05) is 33.3 Å². The molecule has 1 fully saturated rings. The molecule has 6 heteroatoms. The topological polar surface area (TPSA) is 75.9 Å². The van der Waals surface area contributed by atoms with Crippen LogP contribution in [0.3, 0.4) is 0 Å².